The number of ketones is 1. The summed E-state index contributed by atoms with van der Waals surface area (Å²) in [5, 5.41) is 13.8. The second-order valence-electron chi connectivity index (χ2n) is 5.15. The summed E-state index contributed by atoms with van der Waals surface area (Å²) in [6.07, 6.45) is -0.489. The number of thiophene rings is 1. The highest BCUT2D eigenvalue weighted by atomic mass is 35.5. The van der Waals surface area contributed by atoms with Crippen LogP contribution in [0.3, 0.4) is 0 Å². The highest BCUT2D eigenvalue weighted by molar-refractivity contribution is 7.15. The van der Waals surface area contributed by atoms with E-state index >= 15 is 0 Å². The van der Waals surface area contributed by atoms with Crippen LogP contribution in [0.2, 0.25) is 5.02 Å². The van der Waals surface area contributed by atoms with E-state index in [1.165, 1.54) is 11.3 Å². The first-order chi connectivity index (χ1) is 11.3. The van der Waals surface area contributed by atoms with Crippen molar-refractivity contribution in [3.63, 3.8) is 0 Å². The summed E-state index contributed by atoms with van der Waals surface area (Å²) in [4.78, 5) is 35.3. The number of hydrogen-bond donors (Lipinski definition) is 3. The summed E-state index contributed by atoms with van der Waals surface area (Å²) in [5.41, 5.74) is 7.04. The molecule has 8 heteroatoms. The van der Waals surface area contributed by atoms with Gasteiger partial charge in [-0.15, -0.1) is 11.3 Å². The number of nitrogens with two attached hydrogens (primary N) is 1. The number of carboxylic acid groups (broad SMARTS) is 1. The largest absolute Gasteiger partial charge is 0.481 e. The minimum absolute atomic E-state index is 0.257. The molecule has 1 unspecified atom stereocenters. The molecule has 2 aromatic rings. The third-order valence-electron chi connectivity index (χ3n) is 3.28. The van der Waals surface area contributed by atoms with Crippen molar-refractivity contribution >= 4 is 45.6 Å². The van der Waals surface area contributed by atoms with Gasteiger partial charge in [-0.2, -0.15) is 0 Å². The molecule has 1 atom stereocenters. The minimum Gasteiger partial charge on any atom is -0.481 e. The fourth-order valence-corrected chi connectivity index (χ4v) is 3.12. The van der Waals surface area contributed by atoms with E-state index in [1.54, 1.807) is 36.6 Å². The predicted octanol–water partition coefficient (Wildman–Crippen LogP) is 2.68. The summed E-state index contributed by atoms with van der Waals surface area (Å²) in [6.45, 7) is 1.76. The third-order valence-corrected chi connectivity index (χ3v) is 4.54. The second-order valence-corrected chi connectivity index (χ2v) is 6.47. The minimum atomic E-state index is -1.19. The Morgan fingerprint density at radius 2 is 1.92 bits per heavy atom. The molecule has 1 aromatic carbocycles. The van der Waals surface area contributed by atoms with E-state index in [0.29, 0.717) is 26.7 Å². The molecule has 0 aliphatic heterocycles. The van der Waals surface area contributed by atoms with E-state index in [2.05, 4.69) is 5.32 Å². The Balaban J connectivity index is 2.25. The fraction of sp³-hybridized carbons (Fsp3) is 0.188. The average molecular weight is 367 g/mol. The molecule has 0 saturated heterocycles. The number of hydrogen-bond acceptors (Lipinski definition) is 5. The van der Waals surface area contributed by atoms with Crippen LogP contribution in [0.1, 0.15) is 27.9 Å². The van der Waals surface area contributed by atoms with Crippen LogP contribution in [-0.4, -0.2) is 28.8 Å². The maximum absolute atomic E-state index is 12.7. The zero-order valence-corrected chi connectivity index (χ0v) is 14.3. The molecule has 4 N–H and O–H groups in total. The van der Waals surface area contributed by atoms with Gasteiger partial charge >= 0.3 is 5.97 Å². The number of carbonyl (C=O) groups excluding carboxylic acids is 2. The summed E-state index contributed by atoms with van der Waals surface area (Å²) < 4.78 is 0. The fourth-order valence-electron chi connectivity index (χ4n) is 2.05. The molecule has 1 heterocycles. The Labute approximate surface area is 147 Å². The normalized spacial score (nSPS) is 11.8. The van der Waals surface area contributed by atoms with Gasteiger partial charge < -0.3 is 16.2 Å². The van der Waals surface area contributed by atoms with Crippen molar-refractivity contribution in [3.8, 4) is 0 Å². The molecule has 6 nitrogen and oxygen atoms in total. The number of amides is 1. The van der Waals surface area contributed by atoms with Gasteiger partial charge in [-0.25, -0.2) is 0 Å². The zero-order chi connectivity index (χ0) is 17.9. The van der Waals surface area contributed by atoms with Crippen molar-refractivity contribution in [1.82, 2.24) is 0 Å². The summed E-state index contributed by atoms with van der Waals surface area (Å²) in [7, 11) is 0. The molecular formula is C16H15ClN2O4S. The first-order valence-corrected chi connectivity index (χ1v) is 8.22. The lowest BCUT2D eigenvalue weighted by Gasteiger charge is -2.11. The maximum atomic E-state index is 12.7. The molecular weight excluding hydrogens is 352 g/mol. The Morgan fingerprint density at radius 3 is 2.50 bits per heavy atom. The molecule has 0 radical (unpaired) electrons. The third kappa shape index (κ3) is 4.19. The Morgan fingerprint density at radius 1 is 1.29 bits per heavy atom. The smallest absolute Gasteiger partial charge is 0.305 e. The summed E-state index contributed by atoms with van der Waals surface area (Å²) >= 11 is 7.01. The van der Waals surface area contributed by atoms with Crippen LogP contribution in [0.15, 0.2) is 29.6 Å². The van der Waals surface area contributed by atoms with Crippen LogP contribution in [0, 0.1) is 6.92 Å². The number of aryl methyl sites for hydroxylation is 1. The van der Waals surface area contributed by atoms with E-state index in [0.717, 1.165) is 0 Å². The highest BCUT2D eigenvalue weighted by Gasteiger charge is 2.23. The van der Waals surface area contributed by atoms with Gasteiger partial charge in [-0.1, -0.05) is 11.6 Å². The summed E-state index contributed by atoms with van der Waals surface area (Å²) in [6, 6.07) is 5.23. The molecule has 2 rings (SSSR count). The molecule has 1 amide bonds. The van der Waals surface area contributed by atoms with E-state index < -0.39 is 24.3 Å². The van der Waals surface area contributed by atoms with Crippen molar-refractivity contribution in [2.75, 3.05) is 5.32 Å². The van der Waals surface area contributed by atoms with Crippen molar-refractivity contribution < 1.29 is 19.5 Å². The van der Waals surface area contributed by atoms with E-state index in [9.17, 15) is 14.4 Å². The Hall–Kier alpha value is -2.22. The van der Waals surface area contributed by atoms with Gasteiger partial charge in [0.25, 0.3) is 0 Å². The van der Waals surface area contributed by atoms with Gasteiger partial charge in [-0.3, -0.25) is 14.4 Å². The maximum Gasteiger partial charge on any atom is 0.305 e. The van der Waals surface area contributed by atoms with Crippen LogP contribution in [0.25, 0.3) is 0 Å². The van der Waals surface area contributed by atoms with Crippen molar-refractivity contribution in [2.45, 2.75) is 19.4 Å². The number of carboxylic acids is 1. The molecule has 0 spiro atoms. The molecule has 126 valence electrons. The molecule has 0 fully saturated rings. The Kier molecular flexibility index (Phi) is 5.71. The predicted molar refractivity (Wildman–Crippen MR) is 92.8 cm³/mol. The van der Waals surface area contributed by atoms with Crippen molar-refractivity contribution in [3.05, 3.63) is 51.4 Å². The van der Waals surface area contributed by atoms with Gasteiger partial charge in [-0.05, 0) is 42.1 Å². The Bertz CT molecular complexity index is 786. The van der Waals surface area contributed by atoms with E-state index in [4.69, 9.17) is 22.4 Å². The number of aliphatic carboxylic acids is 1. The van der Waals surface area contributed by atoms with E-state index in [1.807, 2.05) is 0 Å². The van der Waals surface area contributed by atoms with Gasteiger partial charge in [0.1, 0.15) is 5.00 Å². The number of nitrogens with one attached hydrogen (secondary N) is 1. The molecule has 0 aliphatic carbocycles. The lowest BCUT2D eigenvalue weighted by Crippen LogP contribution is -2.37. The average Bonchev–Trinajstić information content (AvgIpc) is 2.87. The highest BCUT2D eigenvalue weighted by Crippen LogP contribution is 2.30. The quantitative estimate of drug-likeness (QED) is 0.681. The first kappa shape index (κ1) is 18.1. The van der Waals surface area contributed by atoms with Crippen molar-refractivity contribution in [1.29, 1.82) is 0 Å². The van der Waals surface area contributed by atoms with Crippen LogP contribution in [-0.2, 0) is 9.59 Å². The number of anilines is 1. The van der Waals surface area contributed by atoms with E-state index in [-0.39, 0.29) is 5.78 Å². The van der Waals surface area contributed by atoms with Crippen LogP contribution in [0.5, 0.6) is 0 Å². The number of halogens is 1. The SMILES string of the molecule is Cc1csc(NC(=O)C(N)CC(=O)O)c1C(=O)c1ccc(Cl)cc1. The lowest BCUT2D eigenvalue weighted by atomic mass is 10.0. The first-order valence-electron chi connectivity index (χ1n) is 6.96. The number of rotatable bonds is 6. The molecule has 0 aliphatic rings. The van der Waals surface area contributed by atoms with Gasteiger partial charge in [0.15, 0.2) is 5.78 Å². The van der Waals surface area contributed by atoms with Gasteiger partial charge in [0, 0.05) is 10.6 Å². The van der Waals surface area contributed by atoms with Crippen LogP contribution < -0.4 is 11.1 Å². The molecule has 24 heavy (non-hydrogen) atoms. The standard InChI is InChI=1S/C16H15ClN2O4S/c1-8-7-24-16(19-15(23)11(18)6-12(20)21)13(8)14(22)9-2-4-10(17)5-3-9/h2-5,7,11H,6,18H2,1H3,(H,19,23)(H,20,21). The molecule has 0 bridgehead atoms. The molecule has 0 saturated carbocycles. The molecule has 1 aromatic heterocycles. The zero-order valence-electron chi connectivity index (χ0n) is 12.7. The monoisotopic (exact) mass is 366 g/mol. The number of carbonyl (C=O) groups is 3. The van der Waals surface area contributed by atoms with Gasteiger partial charge in [0.05, 0.1) is 18.0 Å². The number of benzene rings is 1. The van der Waals surface area contributed by atoms with Crippen LogP contribution >= 0.6 is 22.9 Å². The summed E-state index contributed by atoms with van der Waals surface area (Å²) in [5.74, 6) is -2.07. The second kappa shape index (κ2) is 7.57. The topological polar surface area (TPSA) is 109 Å². The van der Waals surface area contributed by atoms with Crippen LogP contribution in [0.4, 0.5) is 5.00 Å². The van der Waals surface area contributed by atoms with Gasteiger partial charge in [0.2, 0.25) is 5.91 Å². The van der Waals surface area contributed by atoms with Crippen molar-refractivity contribution in [2.24, 2.45) is 5.73 Å². The lowest BCUT2D eigenvalue weighted by molar-refractivity contribution is -0.138.